The standard InChI is InChI=1S/C18H18N4O3.C2HF3O2/c23-18(15-6-8-20-25-15)19-10-16-17-14(7-9-24-16)12-22(21-17)11-13-4-2-1-3-5-13;3-2(4,5)1(6)7/h1-6,8,12,16H,7,9-11H2,(H,19,23);(H,6,7). The molecular formula is C20H19F3N4O5. The summed E-state index contributed by atoms with van der Waals surface area (Å²) in [4.78, 5) is 20.9. The zero-order valence-electron chi connectivity index (χ0n) is 16.6. The molecule has 1 aliphatic rings. The first-order valence-corrected chi connectivity index (χ1v) is 9.45. The van der Waals surface area contributed by atoms with Crippen molar-refractivity contribution in [1.82, 2.24) is 20.3 Å². The van der Waals surface area contributed by atoms with Gasteiger partial charge in [-0.3, -0.25) is 9.48 Å². The average molecular weight is 452 g/mol. The number of alkyl halides is 3. The van der Waals surface area contributed by atoms with Gasteiger partial charge >= 0.3 is 12.1 Å². The number of aromatic nitrogens is 3. The molecule has 0 bridgehead atoms. The Labute approximate surface area is 179 Å². The fraction of sp³-hybridized carbons (Fsp3) is 0.300. The second-order valence-electron chi connectivity index (χ2n) is 6.72. The fourth-order valence-corrected chi connectivity index (χ4v) is 2.94. The summed E-state index contributed by atoms with van der Waals surface area (Å²) in [6.07, 6.45) is -1.00. The molecule has 1 atom stereocenters. The Morgan fingerprint density at radius 1 is 1.22 bits per heavy atom. The van der Waals surface area contributed by atoms with Crippen molar-refractivity contribution in [1.29, 1.82) is 0 Å². The lowest BCUT2D eigenvalue weighted by Crippen LogP contribution is -2.31. The molecule has 0 saturated carbocycles. The minimum Gasteiger partial charge on any atom is -0.475 e. The van der Waals surface area contributed by atoms with Gasteiger partial charge in [0.1, 0.15) is 6.10 Å². The number of ether oxygens (including phenoxy) is 1. The largest absolute Gasteiger partial charge is 0.490 e. The number of carboxylic acid groups (broad SMARTS) is 1. The van der Waals surface area contributed by atoms with Gasteiger partial charge < -0.3 is 19.7 Å². The number of benzene rings is 1. The monoisotopic (exact) mass is 452 g/mol. The second-order valence-corrected chi connectivity index (χ2v) is 6.72. The van der Waals surface area contributed by atoms with E-state index in [0.717, 1.165) is 12.1 Å². The maximum atomic E-state index is 12.0. The van der Waals surface area contributed by atoms with E-state index < -0.39 is 12.1 Å². The van der Waals surface area contributed by atoms with Gasteiger partial charge in [0, 0.05) is 18.8 Å². The smallest absolute Gasteiger partial charge is 0.475 e. The maximum absolute atomic E-state index is 12.0. The summed E-state index contributed by atoms with van der Waals surface area (Å²) in [7, 11) is 0. The third kappa shape index (κ3) is 6.17. The molecule has 4 rings (SSSR count). The van der Waals surface area contributed by atoms with Gasteiger partial charge in [0.25, 0.3) is 5.91 Å². The van der Waals surface area contributed by atoms with E-state index in [4.69, 9.17) is 19.2 Å². The van der Waals surface area contributed by atoms with Crippen LogP contribution in [0.3, 0.4) is 0 Å². The van der Waals surface area contributed by atoms with Gasteiger partial charge in [-0.25, -0.2) is 4.79 Å². The molecule has 2 aromatic heterocycles. The van der Waals surface area contributed by atoms with Crippen LogP contribution < -0.4 is 5.32 Å². The summed E-state index contributed by atoms with van der Waals surface area (Å²) < 4.78 is 44.3. The second kappa shape index (κ2) is 10.1. The van der Waals surface area contributed by atoms with Crippen LogP contribution in [0, 0.1) is 0 Å². The molecular weight excluding hydrogens is 433 g/mol. The normalized spacial score (nSPS) is 15.3. The Balaban J connectivity index is 0.000000360. The van der Waals surface area contributed by atoms with Crippen LogP contribution in [-0.4, -0.2) is 51.2 Å². The highest BCUT2D eigenvalue weighted by Crippen LogP contribution is 2.25. The van der Waals surface area contributed by atoms with E-state index >= 15 is 0 Å². The lowest BCUT2D eigenvalue weighted by Gasteiger charge is -2.21. The van der Waals surface area contributed by atoms with E-state index in [2.05, 4.69) is 33.9 Å². The van der Waals surface area contributed by atoms with Crippen molar-refractivity contribution in [2.45, 2.75) is 25.2 Å². The number of amides is 1. The van der Waals surface area contributed by atoms with Crippen molar-refractivity contribution in [3.8, 4) is 0 Å². The number of carbonyl (C=O) groups excluding carboxylic acids is 1. The molecule has 1 unspecified atom stereocenters. The predicted molar refractivity (Wildman–Crippen MR) is 103 cm³/mol. The number of nitrogens with zero attached hydrogens (tertiary/aromatic N) is 3. The molecule has 1 amide bonds. The van der Waals surface area contributed by atoms with Gasteiger partial charge in [0.15, 0.2) is 0 Å². The number of rotatable bonds is 5. The number of nitrogens with one attached hydrogen (secondary N) is 1. The van der Waals surface area contributed by atoms with Crippen molar-refractivity contribution in [2.75, 3.05) is 13.2 Å². The third-order valence-corrected chi connectivity index (χ3v) is 4.40. The summed E-state index contributed by atoms with van der Waals surface area (Å²) in [6.45, 7) is 1.67. The van der Waals surface area contributed by atoms with E-state index in [1.165, 1.54) is 23.4 Å². The topological polar surface area (TPSA) is 119 Å². The Bertz CT molecular complexity index is 1040. The van der Waals surface area contributed by atoms with Crippen LogP contribution in [0.15, 0.2) is 53.3 Å². The van der Waals surface area contributed by atoms with Crippen LogP contribution in [-0.2, 0) is 22.5 Å². The Morgan fingerprint density at radius 3 is 2.56 bits per heavy atom. The molecule has 0 fully saturated rings. The van der Waals surface area contributed by atoms with Gasteiger partial charge in [-0.05, 0) is 17.5 Å². The zero-order valence-corrected chi connectivity index (χ0v) is 16.6. The molecule has 0 aliphatic carbocycles. The van der Waals surface area contributed by atoms with Gasteiger partial charge in [-0.2, -0.15) is 18.3 Å². The number of carbonyl (C=O) groups is 2. The first-order valence-electron chi connectivity index (χ1n) is 9.45. The minimum atomic E-state index is -5.08. The molecule has 12 heteroatoms. The van der Waals surface area contributed by atoms with E-state index in [1.807, 2.05) is 22.9 Å². The molecule has 32 heavy (non-hydrogen) atoms. The van der Waals surface area contributed by atoms with Crippen LogP contribution in [0.1, 0.15) is 33.5 Å². The number of carboxylic acids is 1. The number of hydrogen-bond acceptors (Lipinski definition) is 6. The molecule has 9 nitrogen and oxygen atoms in total. The molecule has 1 aromatic carbocycles. The first kappa shape index (κ1) is 23.0. The van der Waals surface area contributed by atoms with Crippen LogP contribution in [0.5, 0.6) is 0 Å². The summed E-state index contributed by atoms with van der Waals surface area (Å²) in [6, 6.07) is 11.7. The van der Waals surface area contributed by atoms with E-state index in [-0.39, 0.29) is 17.8 Å². The lowest BCUT2D eigenvalue weighted by molar-refractivity contribution is -0.192. The predicted octanol–water partition coefficient (Wildman–Crippen LogP) is 2.60. The summed E-state index contributed by atoms with van der Waals surface area (Å²) in [5.41, 5.74) is 3.25. The SMILES string of the molecule is O=C(NCC1OCCc2cn(Cc3ccccc3)nc21)c1ccno1.O=C(O)C(F)(F)F. The highest BCUT2D eigenvalue weighted by molar-refractivity contribution is 5.91. The summed E-state index contributed by atoms with van der Waals surface area (Å²) >= 11 is 0. The molecule has 3 aromatic rings. The van der Waals surface area contributed by atoms with Crippen LogP contribution in [0.25, 0.3) is 0 Å². The van der Waals surface area contributed by atoms with Gasteiger partial charge in [-0.1, -0.05) is 35.5 Å². The molecule has 0 saturated heterocycles. The van der Waals surface area contributed by atoms with Crippen molar-refractivity contribution in [2.24, 2.45) is 0 Å². The van der Waals surface area contributed by atoms with Crippen molar-refractivity contribution >= 4 is 11.9 Å². The molecule has 170 valence electrons. The van der Waals surface area contributed by atoms with E-state index in [0.29, 0.717) is 19.7 Å². The quantitative estimate of drug-likeness (QED) is 0.611. The summed E-state index contributed by atoms with van der Waals surface area (Å²) in [5.74, 6) is -2.88. The number of aliphatic carboxylic acids is 1. The van der Waals surface area contributed by atoms with Crippen LogP contribution in [0.2, 0.25) is 0 Å². The number of hydrogen-bond donors (Lipinski definition) is 2. The van der Waals surface area contributed by atoms with Gasteiger partial charge in [-0.15, -0.1) is 0 Å². The van der Waals surface area contributed by atoms with E-state index in [1.54, 1.807) is 0 Å². The first-order chi connectivity index (χ1) is 15.2. The van der Waals surface area contributed by atoms with Crippen molar-refractivity contribution in [3.05, 3.63) is 71.4 Å². The highest BCUT2D eigenvalue weighted by atomic mass is 19.4. The van der Waals surface area contributed by atoms with Crippen molar-refractivity contribution < 1.29 is 37.1 Å². The molecule has 3 heterocycles. The Kier molecular flexibility index (Phi) is 7.25. The van der Waals surface area contributed by atoms with Crippen molar-refractivity contribution in [3.63, 3.8) is 0 Å². The maximum Gasteiger partial charge on any atom is 0.490 e. The van der Waals surface area contributed by atoms with Crippen LogP contribution >= 0.6 is 0 Å². The summed E-state index contributed by atoms with van der Waals surface area (Å²) in [5, 5.41) is 18.1. The Hall–Kier alpha value is -3.67. The number of halogens is 3. The Morgan fingerprint density at radius 2 is 1.94 bits per heavy atom. The van der Waals surface area contributed by atoms with Crippen LogP contribution in [0.4, 0.5) is 13.2 Å². The molecule has 2 N–H and O–H groups in total. The average Bonchev–Trinajstić information content (AvgIpc) is 3.42. The lowest BCUT2D eigenvalue weighted by atomic mass is 10.1. The number of fused-ring (bicyclic) bond motifs is 1. The van der Waals surface area contributed by atoms with E-state index in [9.17, 15) is 18.0 Å². The van der Waals surface area contributed by atoms with Gasteiger partial charge in [0.05, 0.1) is 25.0 Å². The molecule has 1 aliphatic heterocycles. The minimum absolute atomic E-state index is 0.186. The fourth-order valence-electron chi connectivity index (χ4n) is 2.94. The molecule has 0 radical (unpaired) electrons. The highest BCUT2D eigenvalue weighted by Gasteiger charge is 2.38. The third-order valence-electron chi connectivity index (χ3n) is 4.40. The molecule has 0 spiro atoms. The van der Waals surface area contributed by atoms with Gasteiger partial charge in [0.2, 0.25) is 5.76 Å². The zero-order chi connectivity index (χ0) is 23.1.